The van der Waals surface area contributed by atoms with Crippen molar-refractivity contribution in [2.75, 3.05) is 33.3 Å². The fourth-order valence-electron chi connectivity index (χ4n) is 3.43. The molecular weight excluding hydrogens is 316 g/mol. The van der Waals surface area contributed by atoms with Crippen LogP contribution in [0.2, 0.25) is 0 Å². The summed E-state index contributed by atoms with van der Waals surface area (Å²) in [4.78, 5) is 5.16. The van der Waals surface area contributed by atoms with Crippen molar-refractivity contribution in [1.29, 1.82) is 0 Å². The molecule has 2 aliphatic rings. The van der Waals surface area contributed by atoms with E-state index in [-0.39, 0.29) is 0 Å². The Morgan fingerprint density at radius 2 is 2.10 bits per heavy atom. The van der Waals surface area contributed by atoms with Gasteiger partial charge in [0.25, 0.3) is 0 Å². The number of rotatable bonds is 4. The van der Waals surface area contributed by atoms with Gasteiger partial charge in [0.2, 0.25) is 0 Å². The van der Waals surface area contributed by atoms with Gasteiger partial charge in [0, 0.05) is 29.6 Å². The summed E-state index contributed by atoms with van der Waals surface area (Å²) in [6.45, 7) is 4.23. The summed E-state index contributed by atoms with van der Waals surface area (Å²) >= 11 is 3.47. The second-order valence-corrected chi connectivity index (χ2v) is 6.86. The summed E-state index contributed by atoms with van der Waals surface area (Å²) < 4.78 is 6.92. The highest BCUT2D eigenvalue weighted by atomic mass is 79.9. The molecule has 4 heteroatoms. The largest absolute Gasteiger partial charge is 0.492 e. The Kier molecular flexibility index (Phi) is 4.64. The van der Waals surface area contributed by atoms with E-state index in [0.29, 0.717) is 0 Å². The van der Waals surface area contributed by atoms with Crippen molar-refractivity contribution >= 4 is 15.9 Å². The van der Waals surface area contributed by atoms with E-state index < -0.39 is 0 Å². The maximum absolute atomic E-state index is 5.85. The van der Waals surface area contributed by atoms with E-state index in [2.05, 4.69) is 32.8 Å². The maximum Gasteiger partial charge on any atom is 0.120 e. The molecule has 2 unspecified atom stereocenters. The van der Waals surface area contributed by atoms with E-state index in [4.69, 9.17) is 4.74 Å². The third-order valence-electron chi connectivity index (χ3n) is 4.70. The first-order valence-electron chi connectivity index (χ1n) is 7.55. The first kappa shape index (κ1) is 14.4. The minimum Gasteiger partial charge on any atom is -0.492 e. The molecule has 110 valence electrons. The smallest absolute Gasteiger partial charge is 0.120 e. The van der Waals surface area contributed by atoms with Crippen LogP contribution < -0.4 is 4.74 Å². The quantitative estimate of drug-likeness (QED) is 0.839. The molecule has 0 saturated carbocycles. The number of benzene rings is 1. The van der Waals surface area contributed by atoms with Gasteiger partial charge in [-0.1, -0.05) is 22.0 Å². The lowest BCUT2D eigenvalue weighted by Gasteiger charge is -2.25. The van der Waals surface area contributed by atoms with E-state index in [1.165, 1.54) is 32.4 Å². The standard InChI is InChI=1S/C16H23BrN2O/c1-18-14-5-6-15(18)12-19(8-7-14)9-10-20-16-4-2-3-13(17)11-16/h2-4,11,14-15H,5-10,12H2,1H3. The zero-order chi connectivity index (χ0) is 13.9. The first-order valence-corrected chi connectivity index (χ1v) is 8.34. The van der Waals surface area contributed by atoms with Gasteiger partial charge in [0.15, 0.2) is 0 Å². The molecule has 1 aromatic carbocycles. The van der Waals surface area contributed by atoms with E-state index >= 15 is 0 Å². The predicted octanol–water partition coefficient (Wildman–Crippen LogP) is 3.00. The molecule has 3 nitrogen and oxygen atoms in total. The molecule has 2 atom stereocenters. The lowest BCUT2D eigenvalue weighted by atomic mass is 10.1. The van der Waals surface area contributed by atoms with Crippen molar-refractivity contribution in [3.63, 3.8) is 0 Å². The van der Waals surface area contributed by atoms with Crippen molar-refractivity contribution < 1.29 is 4.74 Å². The summed E-state index contributed by atoms with van der Waals surface area (Å²) in [6.07, 6.45) is 4.07. The monoisotopic (exact) mass is 338 g/mol. The molecule has 2 fully saturated rings. The fraction of sp³-hybridized carbons (Fsp3) is 0.625. The average Bonchev–Trinajstić information content (AvgIpc) is 2.66. The molecule has 0 spiro atoms. The Balaban J connectivity index is 1.47. The minimum atomic E-state index is 0.758. The molecule has 2 aliphatic heterocycles. The van der Waals surface area contributed by atoms with Crippen LogP contribution in [-0.4, -0.2) is 55.2 Å². The molecule has 0 aromatic heterocycles. The molecule has 0 N–H and O–H groups in total. The van der Waals surface area contributed by atoms with Gasteiger partial charge in [-0.3, -0.25) is 9.80 Å². The molecule has 1 aromatic rings. The van der Waals surface area contributed by atoms with Crippen LogP contribution in [0.1, 0.15) is 19.3 Å². The van der Waals surface area contributed by atoms with Crippen molar-refractivity contribution in [1.82, 2.24) is 9.80 Å². The summed E-state index contributed by atoms with van der Waals surface area (Å²) in [5.74, 6) is 0.952. The van der Waals surface area contributed by atoms with Crippen LogP contribution in [0, 0.1) is 0 Å². The molecule has 2 saturated heterocycles. The maximum atomic E-state index is 5.85. The Bertz CT molecular complexity index is 454. The van der Waals surface area contributed by atoms with E-state index in [1.807, 2.05) is 24.3 Å². The Labute approximate surface area is 130 Å². The topological polar surface area (TPSA) is 15.7 Å². The fourth-order valence-corrected chi connectivity index (χ4v) is 3.81. The number of halogens is 1. The lowest BCUT2D eigenvalue weighted by molar-refractivity contribution is 0.187. The third kappa shape index (κ3) is 3.35. The zero-order valence-electron chi connectivity index (χ0n) is 12.1. The summed E-state index contributed by atoms with van der Waals surface area (Å²) in [5, 5.41) is 0. The number of likely N-dealkylation sites (N-methyl/N-ethyl adjacent to an activating group) is 1. The molecule has 2 bridgehead atoms. The van der Waals surface area contributed by atoms with Crippen molar-refractivity contribution in [2.45, 2.75) is 31.3 Å². The molecule has 3 rings (SSSR count). The van der Waals surface area contributed by atoms with Gasteiger partial charge < -0.3 is 4.74 Å². The molecular formula is C16H23BrN2O. The number of likely N-dealkylation sites (tertiary alicyclic amines) is 1. The number of hydrogen-bond donors (Lipinski definition) is 0. The van der Waals surface area contributed by atoms with Gasteiger partial charge >= 0.3 is 0 Å². The van der Waals surface area contributed by atoms with Crippen LogP contribution in [-0.2, 0) is 0 Å². The normalized spacial score (nSPS) is 27.5. The van der Waals surface area contributed by atoms with Crippen LogP contribution in [0.25, 0.3) is 0 Å². The van der Waals surface area contributed by atoms with Gasteiger partial charge in [-0.15, -0.1) is 0 Å². The van der Waals surface area contributed by atoms with E-state index in [9.17, 15) is 0 Å². The second-order valence-electron chi connectivity index (χ2n) is 5.95. The van der Waals surface area contributed by atoms with Gasteiger partial charge in [0.1, 0.15) is 12.4 Å². The highest BCUT2D eigenvalue weighted by molar-refractivity contribution is 9.10. The molecule has 0 radical (unpaired) electrons. The second kappa shape index (κ2) is 6.46. The van der Waals surface area contributed by atoms with Crippen LogP contribution in [0.15, 0.2) is 28.7 Å². The van der Waals surface area contributed by atoms with Gasteiger partial charge in [-0.25, -0.2) is 0 Å². The Morgan fingerprint density at radius 3 is 2.95 bits per heavy atom. The number of nitrogens with zero attached hydrogens (tertiary/aromatic N) is 2. The van der Waals surface area contributed by atoms with Gasteiger partial charge in [0.05, 0.1) is 0 Å². The molecule has 2 heterocycles. The minimum absolute atomic E-state index is 0.758. The Morgan fingerprint density at radius 1 is 1.25 bits per heavy atom. The summed E-state index contributed by atoms with van der Waals surface area (Å²) in [7, 11) is 2.30. The van der Waals surface area contributed by atoms with Gasteiger partial charge in [-0.05, 0) is 51.1 Å². The van der Waals surface area contributed by atoms with Crippen LogP contribution >= 0.6 is 15.9 Å². The summed E-state index contributed by atoms with van der Waals surface area (Å²) in [5.41, 5.74) is 0. The first-order chi connectivity index (χ1) is 9.72. The predicted molar refractivity (Wildman–Crippen MR) is 85.3 cm³/mol. The summed E-state index contributed by atoms with van der Waals surface area (Å²) in [6, 6.07) is 9.65. The Hall–Kier alpha value is -0.580. The molecule has 0 amide bonds. The number of ether oxygens (including phenoxy) is 1. The highest BCUT2D eigenvalue weighted by Gasteiger charge is 2.34. The molecule has 20 heavy (non-hydrogen) atoms. The number of fused-ring (bicyclic) bond motifs is 2. The lowest BCUT2D eigenvalue weighted by Crippen LogP contribution is -2.38. The highest BCUT2D eigenvalue weighted by Crippen LogP contribution is 2.28. The SMILES string of the molecule is CN1C2CCC1CN(CCOc1cccc(Br)c1)CC2. The van der Waals surface area contributed by atoms with Gasteiger partial charge in [-0.2, -0.15) is 0 Å². The van der Waals surface area contributed by atoms with Crippen molar-refractivity contribution in [2.24, 2.45) is 0 Å². The van der Waals surface area contributed by atoms with E-state index in [0.717, 1.165) is 35.5 Å². The van der Waals surface area contributed by atoms with Crippen LogP contribution in [0.4, 0.5) is 0 Å². The van der Waals surface area contributed by atoms with Crippen LogP contribution in [0.3, 0.4) is 0 Å². The third-order valence-corrected chi connectivity index (χ3v) is 5.20. The number of hydrogen-bond acceptors (Lipinski definition) is 3. The average molecular weight is 339 g/mol. The zero-order valence-corrected chi connectivity index (χ0v) is 13.7. The van der Waals surface area contributed by atoms with Crippen molar-refractivity contribution in [3.8, 4) is 5.75 Å². The van der Waals surface area contributed by atoms with E-state index in [1.54, 1.807) is 0 Å². The molecule has 0 aliphatic carbocycles. The van der Waals surface area contributed by atoms with Crippen molar-refractivity contribution in [3.05, 3.63) is 28.7 Å². The van der Waals surface area contributed by atoms with Crippen LogP contribution in [0.5, 0.6) is 5.75 Å².